The van der Waals surface area contributed by atoms with E-state index in [1.54, 1.807) is 7.11 Å². The van der Waals surface area contributed by atoms with E-state index in [1.807, 2.05) is 37.3 Å². The number of nitrogens with one attached hydrogen (secondary N) is 1. The van der Waals surface area contributed by atoms with E-state index < -0.39 is 0 Å². The third kappa shape index (κ3) is 5.49. The summed E-state index contributed by atoms with van der Waals surface area (Å²) in [6.07, 6.45) is 2.32. The number of amides is 1. The number of carbonyl (C=O) groups excluding carboxylic acids is 1. The summed E-state index contributed by atoms with van der Waals surface area (Å²) in [5, 5.41) is 2.84. The maximum absolute atomic E-state index is 12.3. The van der Waals surface area contributed by atoms with Crippen molar-refractivity contribution in [3.05, 3.63) is 50.4 Å². The summed E-state index contributed by atoms with van der Waals surface area (Å²) in [7, 11) is 1.57. The monoisotopic (exact) mass is 540 g/mol. The van der Waals surface area contributed by atoms with Gasteiger partial charge in [0.2, 0.25) is 0 Å². The number of anilines is 1. The number of rotatable bonds is 6. The van der Waals surface area contributed by atoms with Crippen molar-refractivity contribution in [3.8, 4) is 11.5 Å². The van der Waals surface area contributed by atoms with Crippen LogP contribution in [0.4, 0.5) is 5.69 Å². The predicted octanol–water partition coefficient (Wildman–Crippen LogP) is 5.32. The fourth-order valence-corrected chi connectivity index (χ4v) is 4.25. The minimum atomic E-state index is -0.252. The van der Waals surface area contributed by atoms with E-state index in [2.05, 4.69) is 42.1 Å². The lowest BCUT2D eigenvalue weighted by atomic mass is 10.2. The van der Waals surface area contributed by atoms with Crippen LogP contribution >= 0.6 is 44.1 Å². The van der Waals surface area contributed by atoms with E-state index in [-0.39, 0.29) is 12.5 Å². The molecule has 0 aromatic heterocycles. The van der Waals surface area contributed by atoms with Crippen LogP contribution in [0, 0.1) is 6.92 Å². The van der Waals surface area contributed by atoms with Crippen LogP contribution in [0.1, 0.15) is 24.0 Å². The molecule has 3 rings (SSSR count). The third-order valence-electron chi connectivity index (χ3n) is 4.66. The lowest BCUT2D eigenvalue weighted by Crippen LogP contribution is -2.26. The topological polar surface area (TPSA) is 50.8 Å². The molecular formula is C21H22Br2N2O3S. The summed E-state index contributed by atoms with van der Waals surface area (Å²) in [5.41, 5.74) is 2.65. The third-order valence-corrected chi connectivity index (χ3v) is 6.63. The zero-order valence-corrected chi connectivity index (χ0v) is 20.2. The predicted molar refractivity (Wildman–Crippen MR) is 126 cm³/mol. The average Bonchev–Trinajstić information content (AvgIpc) is 3.23. The Balaban J connectivity index is 1.68. The maximum Gasteiger partial charge on any atom is 0.262 e. The molecule has 1 saturated heterocycles. The van der Waals surface area contributed by atoms with Crippen LogP contribution in [-0.4, -0.2) is 42.6 Å². The molecule has 1 heterocycles. The second kappa shape index (κ2) is 9.91. The Kier molecular flexibility index (Phi) is 7.54. The van der Waals surface area contributed by atoms with Crippen LogP contribution in [0.25, 0.3) is 0 Å². The summed E-state index contributed by atoms with van der Waals surface area (Å²) in [5.74, 6) is 0.753. The van der Waals surface area contributed by atoms with Gasteiger partial charge in [-0.15, -0.1) is 0 Å². The number of thiocarbonyl (C=S) groups is 1. The van der Waals surface area contributed by atoms with Crippen molar-refractivity contribution >= 4 is 60.7 Å². The van der Waals surface area contributed by atoms with Gasteiger partial charge in [-0.25, -0.2) is 0 Å². The summed E-state index contributed by atoms with van der Waals surface area (Å²) in [6.45, 7) is 3.78. The van der Waals surface area contributed by atoms with Gasteiger partial charge >= 0.3 is 0 Å². The fourth-order valence-electron chi connectivity index (χ4n) is 3.14. The van der Waals surface area contributed by atoms with Crippen LogP contribution in [-0.2, 0) is 4.79 Å². The minimum absolute atomic E-state index is 0.139. The standard InChI is InChI=1S/C21H22Br2N2O3S/c1-13-9-15(5-6-16(13)22)24-19(26)12-28-20-17(23)10-14(11-18(20)27-2)21(29)25-7-3-4-8-25/h5-6,9-11H,3-4,7-8,12H2,1-2H3,(H,24,26). The van der Waals surface area contributed by atoms with Gasteiger partial charge in [0.05, 0.1) is 11.6 Å². The van der Waals surface area contributed by atoms with Crippen LogP contribution in [0.15, 0.2) is 39.3 Å². The van der Waals surface area contributed by atoms with Gasteiger partial charge in [-0.2, -0.15) is 0 Å². The van der Waals surface area contributed by atoms with Gasteiger partial charge in [-0.3, -0.25) is 4.79 Å². The Labute approximate surface area is 193 Å². The average molecular weight is 542 g/mol. The molecular weight excluding hydrogens is 520 g/mol. The minimum Gasteiger partial charge on any atom is -0.493 e. The number of hydrogen-bond donors (Lipinski definition) is 1. The second-order valence-corrected chi connectivity index (χ2v) is 8.88. The van der Waals surface area contributed by atoms with Crippen molar-refractivity contribution in [2.24, 2.45) is 0 Å². The van der Waals surface area contributed by atoms with Crippen molar-refractivity contribution in [2.75, 3.05) is 32.1 Å². The second-order valence-electron chi connectivity index (χ2n) is 6.79. The molecule has 2 aromatic carbocycles. The number of benzene rings is 2. The van der Waals surface area contributed by atoms with Gasteiger partial charge in [0.1, 0.15) is 4.99 Å². The number of ether oxygens (including phenoxy) is 2. The number of carbonyl (C=O) groups is 1. The molecule has 0 radical (unpaired) electrons. The zero-order chi connectivity index (χ0) is 21.0. The van der Waals surface area contributed by atoms with E-state index in [1.165, 1.54) is 0 Å². The Bertz CT molecular complexity index is 930. The van der Waals surface area contributed by atoms with Gasteiger partial charge in [-0.1, -0.05) is 28.1 Å². The van der Waals surface area contributed by atoms with Crippen LogP contribution < -0.4 is 14.8 Å². The molecule has 5 nitrogen and oxygen atoms in total. The first-order chi connectivity index (χ1) is 13.9. The Hall–Kier alpha value is -1.64. The first kappa shape index (κ1) is 22.1. The highest BCUT2D eigenvalue weighted by Crippen LogP contribution is 2.37. The Morgan fingerprint density at radius 3 is 2.55 bits per heavy atom. The van der Waals surface area contributed by atoms with Crippen LogP contribution in [0.2, 0.25) is 0 Å². The highest BCUT2D eigenvalue weighted by atomic mass is 79.9. The molecule has 1 aliphatic rings. The Morgan fingerprint density at radius 2 is 1.90 bits per heavy atom. The zero-order valence-electron chi connectivity index (χ0n) is 16.3. The highest BCUT2D eigenvalue weighted by molar-refractivity contribution is 9.10. The normalized spacial score (nSPS) is 13.3. The highest BCUT2D eigenvalue weighted by Gasteiger charge is 2.20. The van der Waals surface area contributed by atoms with Crippen molar-refractivity contribution < 1.29 is 14.3 Å². The number of nitrogens with zero attached hydrogens (tertiary/aromatic N) is 1. The van der Waals surface area contributed by atoms with Crippen molar-refractivity contribution in [1.82, 2.24) is 4.90 Å². The van der Waals surface area contributed by atoms with Gasteiger partial charge in [-0.05, 0) is 71.6 Å². The summed E-state index contributed by atoms with van der Waals surface area (Å²) in [4.78, 5) is 15.3. The SMILES string of the molecule is COc1cc(C(=S)N2CCCC2)cc(Br)c1OCC(=O)Nc1ccc(Br)c(C)c1. The van der Waals surface area contributed by atoms with E-state index >= 15 is 0 Å². The van der Waals surface area contributed by atoms with E-state index in [4.69, 9.17) is 21.7 Å². The quantitative estimate of drug-likeness (QED) is 0.502. The van der Waals surface area contributed by atoms with Gasteiger partial charge in [0.25, 0.3) is 5.91 Å². The number of halogens is 2. The first-order valence-corrected chi connectivity index (χ1v) is 11.2. The molecule has 0 aliphatic carbocycles. The number of hydrogen-bond acceptors (Lipinski definition) is 4. The van der Waals surface area contributed by atoms with Crippen molar-refractivity contribution in [3.63, 3.8) is 0 Å². The summed E-state index contributed by atoms with van der Waals surface area (Å²) in [6, 6.07) is 9.39. The molecule has 0 saturated carbocycles. The molecule has 0 unspecified atom stereocenters. The van der Waals surface area contributed by atoms with Crippen LogP contribution in [0.3, 0.4) is 0 Å². The smallest absolute Gasteiger partial charge is 0.262 e. The van der Waals surface area contributed by atoms with E-state index in [0.717, 1.165) is 52.2 Å². The molecule has 2 aromatic rings. The molecule has 0 bridgehead atoms. The Morgan fingerprint density at radius 1 is 1.17 bits per heavy atom. The number of likely N-dealkylation sites (tertiary alicyclic amines) is 1. The largest absolute Gasteiger partial charge is 0.493 e. The van der Waals surface area contributed by atoms with Gasteiger partial charge in [0.15, 0.2) is 18.1 Å². The molecule has 29 heavy (non-hydrogen) atoms. The molecule has 154 valence electrons. The molecule has 1 fully saturated rings. The van der Waals surface area contributed by atoms with Gasteiger partial charge in [0, 0.05) is 28.8 Å². The summed E-state index contributed by atoms with van der Waals surface area (Å²) < 4.78 is 12.9. The van der Waals surface area contributed by atoms with Crippen molar-refractivity contribution in [2.45, 2.75) is 19.8 Å². The molecule has 8 heteroatoms. The number of aryl methyl sites for hydroxylation is 1. The molecule has 1 N–H and O–H groups in total. The number of methoxy groups -OCH3 is 1. The fraction of sp³-hybridized carbons (Fsp3) is 0.333. The lowest BCUT2D eigenvalue weighted by Gasteiger charge is -2.20. The first-order valence-electron chi connectivity index (χ1n) is 9.24. The van der Waals surface area contributed by atoms with Gasteiger partial charge < -0.3 is 19.7 Å². The molecule has 0 spiro atoms. The van der Waals surface area contributed by atoms with E-state index in [9.17, 15) is 4.79 Å². The molecule has 0 atom stereocenters. The molecule has 1 aliphatic heterocycles. The maximum atomic E-state index is 12.3. The van der Waals surface area contributed by atoms with Crippen molar-refractivity contribution in [1.29, 1.82) is 0 Å². The summed E-state index contributed by atoms with van der Waals surface area (Å²) >= 11 is 12.6. The van der Waals surface area contributed by atoms with E-state index in [0.29, 0.717) is 16.0 Å². The lowest BCUT2D eigenvalue weighted by molar-refractivity contribution is -0.118. The van der Waals surface area contributed by atoms with Crippen LogP contribution in [0.5, 0.6) is 11.5 Å². The molecule has 1 amide bonds.